The number of aliphatic carboxylic acids is 6. The molecule has 0 aliphatic rings. The van der Waals surface area contributed by atoms with Crippen LogP contribution in [0.1, 0.15) is 0 Å². The molecule has 0 aliphatic heterocycles. The van der Waals surface area contributed by atoms with Crippen molar-refractivity contribution in [2.75, 3.05) is 39.3 Å². The van der Waals surface area contributed by atoms with E-state index in [9.17, 15) is 59.4 Å². The van der Waals surface area contributed by atoms with Crippen molar-refractivity contribution in [2.45, 2.75) is 0 Å². The number of carboxylic acids is 6. The maximum atomic E-state index is 9.99. The van der Waals surface area contributed by atoms with Crippen LogP contribution in [0.3, 0.4) is 0 Å². The molecule has 0 aromatic rings. The molecule has 0 fully saturated rings. The van der Waals surface area contributed by atoms with Crippen LogP contribution in [0.5, 0.6) is 0 Å². The second kappa shape index (κ2) is 143. The summed E-state index contributed by atoms with van der Waals surface area (Å²) < 4.78 is 0. The molecule has 40 heteroatoms. The Morgan fingerprint density at radius 1 is 0.308 bits per heavy atom. The van der Waals surface area contributed by atoms with E-state index < -0.39 is 75.1 Å². The summed E-state index contributed by atoms with van der Waals surface area (Å²) in [4.78, 5) is 61.2. The van der Waals surface area contributed by atoms with Crippen molar-refractivity contribution in [3.63, 3.8) is 0 Å². The molecular formula is C12H56N2O34Ti2Zn2+10. The molecule has 0 saturated carbocycles. The summed E-state index contributed by atoms with van der Waals surface area (Å²) >= 11 is 0. The largest absolute Gasteiger partial charge is 4.00 e. The first-order valence-electron chi connectivity index (χ1n) is 6.80. The summed E-state index contributed by atoms with van der Waals surface area (Å²) in [5.41, 5.74) is 0. The van der Waals surface area contributed by atoms with Gasteiger partial charge in [-0.1, -0.05) is 0 Å². The quantitative estimate of drug-likeness (QED) is 0.0758. The van der Waals surface area contributed by atoms with Gasteiger partial charge in [-0.3, -0.25) is 9.80 Å². The molecule has 0 spiro atoms. The van der Waals surface area contributed by atoms with Gasteiger partial charge < -0.3 is 179 Å². The van der Waals surface area contributed by atoms with Gasteiger partial charge in [-0.25, -0.2) is 0 Å². The number of hydrogen-bond acceptors (Lipinski definition) is 18. The van der Waals surface area contributed by atoms with Crippen LogP contribution in [0.25, 0.3) is 0 Å². The van der Waals surface area contributed by atoms with Crippen molar-refractivity contribution >= 4 is 35.8 Å². The third-order valence-corrected chi connectivity index (χ3v) is 2.12. The van der Waals surface area contributed by atoms with Crippen LogP contribution < -0.4 is 51.7 Å². The smallest absolute Gasteiger partial charge is 2.00 e. The SMILES string of the molecule is O.O.O.O.O.O.O.O=C([O-])CN(CC(=O)[O-])CC(=O)[O-].O=C([O-])CN(CC(=O)[O-])CC(=O)[O-].[O-2].[O-][O-].[O-][O-].[OH3+].[OH3+].[OH3+].[OH3+].[OH3+].[OH3+].[OH3+].[OH3+].[OH3+].[OH3+].[Ti+4].[Ti+4].[Zn+2].[Zn+2]. The molecule has 36 nitrogen and oxygen atoms in total. The fourth-order valence-corrected chi connectivity index (χ4v) is 1.43. The molecule has 0 saturated heterocycles. The van der Waals surface area contributed by atoms with Crippen molar-refractivity contribution < 1.29 is 261 Å². The van der Waals surface area contributed by atoms with Gasteiger partial charge in [0.1, 0.15) is 0 Å². The molecule has 0 amide bonds. The first-order chi connectivity index (χ1) is 13.8. The maximum absolute atomic E-state index is 9.99. The molecule has 0 radical (unpaired) electrons. The monoisotopic (exact) mass is 996 g/mol. The third kappa shape index (κ3) is 216. The predicted octanol–water partition coefficient (Wildman–Crippen LogP) is -30.8. The Morgan fingerprint density at radius 2 is 0.365 bits per heavy atom. The van der Waals surface area contributed by atoms with Crippen molar-refractivity contribution in [3.8, 4) is 0 Å². The van der Waals surface area contributed by atoms with Crippen molar-refractivity contribution in [1.82, 2.24) is 9.80 Å². The van der Waals surface area contributed by atoms with Crippen LogP contribution in [-0.4, -0.2) is 123 Å². The minimum absolute atomic E-state index is 0. The van der Waals surface area contributed by atoms with Crippen LogP contribution >= 0.6 is 0 Å². The van der Waals surface area contributed by atoms with Crippen molar-refractivity contribution in [3.05, 3.63) is 0 Å². The molecule has 0 rings (SSSR count). The summed E-state index contributed by atoms with van der Waals surface area (Å²) in [7, 11) is 0. The summed E-state index contributed by atoms with van der Waals surface area (Å²) in [6.07, 6.45) is 0. The number of nitrogens with zero attached hydrogens (tertiary/aromatic N) is 2. The number of rotatable bonds is 12. The average molecular weight is 999 g/mol. The molecule has 0 bridgehead atoms. The van der Waals surface area contributed by atoms with Crippen LogP contribution in [0.4, 0.5) is 0 Å². The Hall–Kier alpha value is -1.46. The van der Waals surface area contributed by atoms with Crippen LogP contribution in [0.2, 0.25) is 0 Å². The minimum atomic E-state index is -1.57. The van der Waals surface area contributed by atoms with E-state index in [2.05, 4.69) is 0 Å². The number of carboxylic acid groups (broad SMARTS) is 6. The van der Waals surface area contributed by atoms with E-state index in [-0.39, 0.29) is 181 Å². The van der Waals surface area contributed by atoms with Gasteiger partial charge in [0, 0.05) is 39.3 Å². The fourth-order valence-electron chi connectivity index (χ4n) is 1.43. The van der Waals surface area contributed by atoms with E-state index in [1.807, 2.05) is 0 Å². The van der Waals surface area contributed by atoms with E-state index in [1.54, 1.807) is 0 Å². The molecule has 0 unspecified atom stereocenters. The number of carbonyl (C=O) groups is 6. The van der Waals surface area contributed by atoms with Gasteiger partial charge in [-0.2, -0.15) is 0 Å². The van der Waals surface area contributed by atoms with E-state index in [4.69, 9.17) is 21.0 Å². The van der Waals surface area contributed by atoms with Crippen molar-refractivity contribution in [1.29, 1.82) is 0 Å². The first-order valence-corrected chi connectivity index (χ1v) is 6.80. The van der Waals surface area contributed by atoms with Crippen LogP contribution in [-0.2, 0) is 171 Å². The van der Waals surface area contributed by atoms with Crippen LogP contribution in [0.15, 0.2) is 0 Å². The summed E-state index contributed by atoms with van der Waals surface area (Å²) in [5.74, 6) is -9.40. The van der Waals surface area contributed by atoms with Gasteiger partial charge in [0.2, 0.25) is 0 Å². The molecule has 52 heavy (non-hydrogen) atoms. The number of carbonyl (C=O) groups excluding carboxylic acids is 6. The van der Waals surface area contributed by atoms with Gasteiger partial charge in [0.25, 0.3) is 0 Å². The molecule has 0 atom stereocenters. The molecule has 0 aromatic carbocycles. The zero-order valence-corrected chi connectivity index (χ0v) is 35.8. The molecule has 0 aliphatic carbocycles. The Kier molecular flexibility index (Phi) is 568. The van der Waals surface area contributed by atoms with E-state index in [0.29, 0.717) is 9.80 Å². The normalized spacial score (nSPS) is 5.19. The van der Waals surface area contributed by atoms with Gasteiger partial charge in [-0.05, 0) is 0 Å². The predicted molar refractivity (Wildman–Crippen MR) is 138 cm³/mol. The van der Waals surface area contributed by atoms with Gasteiger partial charge in [0.15, 0.2) is 0 Å². The summed E-state index contributed by atoms with van der Waals surface area (Å²) in [6.45, 7) is -4.74. The molecule has 0 heterocycles. The minimum Gasteiger partial charge on any atom is -2.00 e. The second-order valence-electron chi connectivity index (χ2n) is 4.52. The molecule has 44 N–H and O–H groups in total. The summed E-state index contributed by atoms with van der Waals surface area (Å²) in [5, 5.41) is 88.0. The van der Waals surface area contributed by atoms with Gasteiger partial charge in [0.05, 0.1) is 35.8 Å². The van der Waals surface area contributed by atoms with E-state index in [0.717, 1.165) is 0 Å². The Morgan fingerprint density at radius 3 is 0.404 bits per heavy atom. The van der Waals surface area contributed by atoms with E-state index in [1.165, 1.54) is 0 Å². The zero-order chi connectivity index (χ0) is 24.9. The van der Waals surface area contributed by atoms with Crippen molar-refractivity contribution in [2.24, 2.45) is 0 Å². The first kappa shape index (κ1) is 206. The molecule has 320 valence electrons. The fraction of sp³-hybridized carbons (Fsp3) is 0.500. The topological polar surface area (TPSA) is 918 Å². The molecule has 0 aromatic heterocycles. The van der Waals surface area contributed by atoms with Gasteiger partial charge >= 0.3 is 82.4 Å². The zero-order valence-electron chi connectivity index (χ0n) is 26.8. The Balaban J connectivity index is -0.00000000710. The second-order valence-corrected chi connectivity index (χ2v) is 4.52. The van der Waals surface area contributed by atoms with Crippen LogP contribution in [0, 0.1) is 0 Å². The van der Waals surface area contributed by atoms with E-state index >= 15 is 0 Å². The molecular weight excluding hydrogens is 943 g/mol. The average Bonchev–Trinajstić information content (AvgIpc) is 2.55. The number of hydrogen-bond donors (Lipinski definition) is 0. The maximum Gasteiger partial charge on any atom is 4.00 e. The third-order valence-electron chi connectivity index (χ3n) is 2.12. The summed E-state index contributed by atoms with van der Waals surface area (Å²) in [6, 6.07) is 0. The Bertz CT molecular complexity index is 463. The standard InChI is InChI=1S/2C6H9NO6.2O2.17H2O.O.2Ti.2Zn/c2*8-4(9)1-7(2-5(10)11)3-6(12)13;2*1-2;;;;;;;;;;;;;;;;;;;;;;/h2*1-3H2,(H,8,9)(H,10,11)(H,12,13);;;17*1H2;;;;;/q;;2*-2;;;;;;;;;;;;;;;;;;-2;2*+4;2*+2/p+4. The van der Waals surface area contributed by atoms with Gasteiger partial charge in [-0.15, -0.1) is 0 Å². The Labute approximate surface area is 344 Å².